The van der Waals surface area contributed by atoms with Crippen molar-refractivity contribution in [3.8, 4) is 5.75 Å². The third kappa shape index (κ3) is 5.50. The Morgan fingerprint density at radius 2 is 2.07 bits per heavy atom. The van der Waals surface area contributed by atoms with E-state index in [0.29, 0.717) is 38.3 Å². The third-order valence-electron chi connectivity index (χ3n) is 4.35. The van der Waals surface area contributed by atoms with Crippen LogP contribution in [0.2, 0.25) is 0 Å². The van der Waals surface area contributed by atoms with E-state index in [1.807, 2.05) is 0 Å². The summed E-state index contributed by atoms with van der Waals surface area (Å²) in [4.78, 5) is 26.5. The minimum atomic E-state index is -2.89. The maximum Gasteiger partial charge on any atom is 0.387 e. The van der Waals surface area contributed by atoms with Crippen molar-refractivity contribution in [1.82, 2.24) is 10.6 Å². The molecule has 2 aliphatic rings. The van der Waals surface area contributed by atoms with Gasteiger partial charge in [-0.25, -0.2) is 0 Å². The predicted octanol–water partition coefficient (Wildman–Crippen LogP) is 1.31. The average Bonchev–Trinajstić information content (AvgIpc) is 2.64. The summed E-state index contributed by atoms with van der Waals surface area (Å²) < 4.78 is 34.2. The second kappa shape index (κ2) is 9.82. The van der Waals surface area contributed by atoms with E-state index >= 15 is 0 Å². The molecule has 0 radical (unpaired) electrons. The highest BCUT2D eigenvalue weighted by Gasteiger charge is 2.33. The smallest absolute Gasteiger partial charge is 0.387 e. The summed E-state index contributed by atoms with van der Waals surface area (Å²) in [5.74, 6) is -0.506. The molecule has 0 aromatic heterocycles. The Balaban J connectivity index is 0.00000261. The van der Waals surface area contributed by atoms with Crippen LogP contribution in [-0.4, -0.2) is 56.8 Å². The Hall–Kier alpha value is -1.97. The molecule has 2 unspecified atom stereocenters. The number of rotatable bonds is 5. The number of piperidine rings is 1. The number of carbonyl (C=O) groups excluding carboxylic acids is 2. The van der Waals surface area contributed by atoms with E-state index in [1.165, 1.54) is 12.1 Å². The molecule has 1 aromatic carbocycles. The highest BCUT2D eigenvalue weighted by atomic mass is 35.5. The molecule has 0 bridgehead atoms. The maximum atomic E-state index is 12.7. The Kier molecular flexibility index (Phi) is 7.76. The summed E-state index contributed by atoms with van der Waals surface area (Å²) >= 11 is 0. The van der Waals surface area contributed by atoms with E-state index in [0.717, 1.165) is 6.42 Å². The number of nitrogens with one attached hydrogen (secondary N) is 2. The molecular weight excluding hydrogens is 384 g/mol. The molecule has 0 aliphatic carbocycles. The van der Waals surface area contributed by atoms with Gasteiger partial charge in [0, 0.05) is 25.3 Å². The van der Waals surface area contributed by atoms with Crippen LogP contribution >= 0.6 is 12.4 Å². The lowest BCUT2D eigenvalue weighted by Crippen LogP contribution is -2.56. The zero-order chi connectivity index (χ0) is 18.5. The fourth-order valence-electron chi connectivity index (χ4n) is 3.07. The Morgan fingerprint density at radius 1 is 1.33 bits per heavy atom. The van der Waals surface area contributed by atoms with Crippen molar-refractivity contribution in [2.75, 3.05) is 31.1 Å². The van der Waals surface area contributed by atoms with E-state index in [2.05, 4.69) is 15.4 Å². The molecule has 3 rings (SSSR count). The topological polar surface area (TPSA) is 79.9 Å². The van der Waals surface area contributed by atoms with Crippen molar-refractivity contribution in [2.24, 2.45) is 0 Å². The Labute approximate surface area is 161 Å². The quantitative estimate of drug-likeness (QED) is 0.772. The summed E-state index contributed by atoms with van der Waals surface area (Å²) in [5, 5.41) is 5.83. The molecule has 2 aliphatic heterocycles. The lowest BCUT2D eigenvalue weighted by atomic mass is 10.0. The van der Waals surface area contributed by atoms with Gasteiger partial charge in [-0.2, -0.15) is 8.78 Å². The van der Waals surface area contributed by atoms with Crippen molar-refractivity contribution in [2.45, 2.75) is 31.6 Å². The number of amides is 2. The van der Waals surface area contributed by atoms with Gasteiger partial charge in [-0.05, 0) is 37.1 Å². The number of nitrogens with zero attached hydrogens (tertiary/aromatic N) is 1. The number of carbonyl (C=O) groups is 2. The molecule has 0 spiro atoms. The van der Waals surface area contributed by atoms with E-state index in [1.54, 1.807) is 17.0 Å². The molecule has 1 aromatic rings. The molecule has 2 N–H and O–H groups in total. The van der Waals surface area contributed by atoms with Gasteiger partial charge in [0.2, 0.25) is 5.91 Å². The summed E-state index contributed by atoms with van der Waals surface area (Å²) in [6.07, 6.45) is 0.668. The van der Waals surface area contributed by atoms with Crippen LogP contribution in [0.25, 0.3) is 0 Å². The van der Waals surface area contributed by atoms with Crippen molar-refractivity contribution >= 4 is 29.9 Å². The molecule has 10 heteroatoms. The SMILES string of the molecule is Cl.O=C(NC1CCCN(c2ccc(OC(F)F)cc2)C1=O)C1CNCCO1. The summed E-state index contributed by atoms with van der Waals surface area (Å²) in [7, 11) is 0. The second-order valence-corrected chi connectivity index (χ2v) is 6.13. The van der Waals surface area contributed by atoms with Crippen molar-refractivity contribution in [1.29, 1.82) is 0 Å². The van der Waals surface area contributed by atoms with Crippen LogP contribution in [0.15, 0.2) is 24.3 Å². The molecule has 150 valence electrons. The van der Waals surface area contributed by atoms with E-state index in [-0.39, 0.29) is 30.0 Å². The molecule has 0 saturated carbocycles. The number of hydrogen-bond acceptors (Lipinski definition) is 5. The van der Waals surface area contributed by atoms with Crippen LogP contribution in [0.5, 0.6) is 5.75 Å². The van der Waals surface area contributed by atoms with Crippen LogP contribution in [0, 0.1) is 0 Å². The molecule has 2 amide bonds. The van der Waals surface area contributed by atoms with Crippen LogP contribution in [0.4, 0.5) is 14.5 Å². The largest absolute Gasteiger partial charge is 0.435 e. The van der Waals surface area contributed by atoms with Gasteiger partial charge in [0.1, 0.15) is 17.9 Å². The molecule has 2 atom stereocenters. The first kappa shape index (κ1) is 21.3. The number of morpholine rings is 1. The molecule has 27 heavy (non-hydrogen) atoms. The van der Waals surface area contributed by atoms with Crippen LogP contribution in [0.3, 0.4) is 0 Å². The van der Waals surface area contributed by atoms with Gasteiger partial charge in [0.25, 0.3) is 5.91 Å². The molecule has 2 fully saturated rings. The van der Waals surface area contributed by atoms with Gasteiger partial charge in [-0.1, -0.05) is 0 Å². The minimum absolute atomic E-state index is 0. The number of halogens is 3. The normalized spacial score (nSPS) is 22.9. The zero-order valence-electron chi connectivity index (χ0n) is 14.5. The fraction of sp³-hybridized carbons (Fsp3) is 0.529. The number of hydrogen-bond donors (Lipinski definition) is 2. The lowest BCUT2D eigenvalue weighted by Gasteiger charge is -2.33. The van der Waals surface area contributed by atoms with Gasteiger partial charge < -0.3 is 25.0 Å². The van der Waals surface area contributed by atoms with Crippen LogP contribution in [-0.2, 0) is 14.3 Å². The standard InChI is InChI=1S/C17H21F2N3O4.ClH/c18-17(19)26-12-5-3-11(4-6-12)22-8-1-2-13(16(22)24)21-15(23)14-10-20-7-9-25-14;/h3-6,13-14,17,20H,1-2,7-10H2,(H,21,23);1H. The second-order valence-electron chi connectivity index (χ2n) is 6.13. The monoisotopic (exact) mass is 405 g/mol. The fourth-order valence-corrected chi connectivity index (χ4v) is 3.07. The highest BCUT2D eigenvalue weighted by Crippen LogP contribution is 2.24. The number of ether oxygens (including phenoxy) is 2. The number of anilines is 1. The van der Waals surface area contributed by atoms with Gasteiger partial charge in [-0.3, -0.25) is 9.59 Å². The van der Waals surface area contributed by atoms with Crippen LogP contribution < -0.4 is 20.3 Å². The van der Waals surface area contributed by atoms with Gasteiger partial charge >= 0.3 is 6.61 Å². The van der Waals surface area contributed by atoms with Crippen molar-refractivity contribution in [3.05, 3.63) is 24.3 Å². The summed E-state index contributed by atoms with van der Waals surface area (Å²) in [5.41, 5.74) is 0.575. The predicted molar refractivity (Wildman–Crippen MR) is 96.4 cm³/mol. The minimum Gasteiger partial charge on any atom is -0.435 e. The van der Waals surface area contributed by atoms with E-state index in [9.17, 15) is 18.4 Å². The number of benzene rings is 1. The summed E-state index contributed by atoms with van der Waals surface area (Å²) in [6.45, 7) is -0.821. The molecule has 2 saturated heterocycles. The zero-order valence-corrected chi connectivity index (χ0v) is 15.3. The average molecular weight is 406 g/mol. The van der Waals surface area contributed by atoms with Gasteiger partial charge in [0.05, 0.1) is 6.61 Å². The third-order valence-corrected chi connectivity index (χ3v) is 4.35. The number of alkyl halides is 2. The first-order valence-corrected chi connectivity index (χ1v) is 8.53. The molecule has 2 heterocycles. The van der Waals surface area contributed by atoms with Gasteiger partial charge in [0.15, 0.2) is 0 Å². The molecule has 7 nitrogen and oxygen atoms in total. The van der Waals surface area contributed by atoms with E-state index in [4.69, 9.17) is 4.74 Å². The van der Waals surface area contributed by atoms with Crippen molar-refractivity contribution < 1.29 is 27.8 Å². The van der Waals surface area contributed by atoms with E-state index < -0.39 is 18.8 Å². The van der Waals surface area contributed by atoms with Crippen LogP contribution in [0.1, 0.15) is 12.8 Å². The molecular formula is C17H22ClF2N3O4. The van der Waals surface area contributed by atoms with Crippen molar-refractivity contribution in [3.63, 3.8) is 0 Å². The van der Waals surface area contributed by atoms with Gasteiger partial charge in [-0.15, -0.1) is 12.4 Å². The Bertz CT molecular complexity index is 642. The Morgan fingerprint density at radius 3 is 2.70 bits per heavy atom. The maximum absolute atomic E-state index is 12.7. The first-order chi connectivity index (χ1) is 12.5. The first-order valence-electron chi connectivity index (χ1n) is 8.53. The lowest BCUT2D eigenvalue weighted by molar-refractivity contribution is -0.137. The summed E-state index contributed by atoms with van der Waals surface area (Å²) in [6, 6.07) is 5.25. The highest BCUT2D eigenvalue weighted by molar-refractivity contribution is 6.00.